The highest BCUT2D eigenvalue weighted by Crippen LogP contribution is 2.27. The van der Waals surface area contributed by atoms with E-state index in [1.807, 2.05) is 24.6 Å². The van der Waals surface area contributed by atoms with E-state index in [2.05, 4.69) is 10.4 Å². The van der Waals surface area contributed by atoms with Gasteiger partial charge in [0, 0.05) is 12.7 Å². The van der Waals surface area contributed by atoms with Gasteiger partial charge in [0.1, 0.15) is 0 Å². The molecule has 1 atom stereocenters. The molecule has 1 aromatic heterocycles. The number of aromatic nitrogens is 2. The Labute approximate surface area is 118 Å². The van der Waals surface area contributed by atoms with E-state index in [9.17, 15) is 4.39 Å². The van der Waals surface area contributed by atoms with Crippen LogP contribution in [0.5, 0.6) is 5.75 Å². The molecule has 0 radical (unpaired) electrons. The van der Waals surface area contributed by atoms with Gasteiger partial charge in [-0.05, 0) is 37.2 Å². The number of nitrogens with zero attached hydrogens (tertiary/aromatic N) is 2. The lowest BCUT2D eigenvalue weighted by molar-refractivity contribution is 0.385. The Hall–Kier alpha value is -1.88. The second kappa shape index (κ2) is 6.52. The molecule has 0 aliphatic carbocycles. The van der Waals surface area contributed by atoms with Crippen molar-refractivity contribution < 1.29 is 9.13 Å². The van der Waals surface area contributed by atoms with Crippen molar-refractivity contribution in [3.8, 4) is 5.75 Å². The molecule has 1 aromatic carbocycles. The summed E-state index contributed by atoms with van der Waals surface area (Å²) in [7, 11) is 1.47. The topological polar surface area (TPSA) is 39.1 Å². The fourth-order valence-electron chi connectivity index (χ4n) is 2.31. The van der Waals surface area contributed by atoms with E-state index in [-0.39, 0.29) is 17.6 Å². The number of benzene rings is 1. The average Bonchev–Trinajstić information content (AvgIpc) is 2.93. The molecule has 108 valence electrons. The molecule has 0 saturated carbocycles. The first kappa shape index (κ1) is 14.5. The number of rotatable bonds is 6. The summed E-state index contributed by atoms with van der Waals surface area (Å²) >= 11 is 0. The SMILES string of the molecule is CCNC(c1ccc(F)c(OC)c1)c1ccnn1CC. The Morgan fingerprint density at radius 2 is 2.15 bits per heavy atom. The lowest BCUT2D eigenvalue weighted by Crippen LogP contribution is -2.24. The van der Waals surface area contributed by atoms with E-state index < -0.39 is 0 Å². The molecule has 2 rings (SSSR count). The van der Waals surface area contributed by atoms with Gasteiger partial charge in [-0.25, -0.2) is 4.39 Å². The van der Waals surface area contributed by atoms with Gasteiger partial charge >= 0.3 is 0 Å². The molecule has 2 aromatic rings. The fraction of sp³-hybridized carbons (Fsp3) is 0.400. The smallest absolute Gasteiger partial charge is 0.165 e. The van der Waals surface area contributed by atoms with E-state index in [1.54, 1.807) is 18.3 Å². The molecule has 0 fully saturated rings. The predicted molar refractivity (Wildman–Crippen MR) is 76.4 cm³/mol. The van der Waals surface area contributed by atoms with Crippen molar-refractivity contribution >= 4 is 0 Å². The molecule has 0 aliphatic heterocycles. The molecule has 5 heteroatoms. The van der Waals surface area contributed by atoms with Gasteiger partial charge in [-0.15, -0.1) is 0 Å². The Morgan fingerprint density at radius 1 is 1.35 bits per heavy atom. The molecule has 0 spiro atoms. The highest BCUT2D eigenvalue weighted by molar-refractivity contribution is 5.35. The summed E-state index contributed by atoms with van der Waals surface area (Å²) in [6, 6.07) is 6.89. The summed E-state index contributed by atoms with van der Waals surface area (Å²) in [4.78, 5) is 0. The maximum atomic E-state index is 13.5. The van der Waals surface area contributed by atoms with Crippen molar-refractivity contribution in [1.82, 2.24) is 15.1 Å². The zero-order chi connectivity index (χ0) is 14.5. The van der Waals surface area contributed by atoms with Crippen molar-refractivity contribution in [3.05, 3.63) is 47.5 Å². The molecule has 0 amide bonds. The summed E-state index contributed by atoms with van der Waals surface area (Å²) in [5, 5.41) is 7.70. The maximum Gasteiger partial charge on any atom is 0.165 e. The second-order valence-corrected chi connectivity index (χ2v) is 4.46. The van der Waals surface area contributed by atoms with E-state index >= 15 is 0 Å². The third-order valence-corrected chi connectivity index (χ3v) is 3.26. The number of ether oxygens (including phenoxy) is 1. The van der Waals surface area contributed by atoms with Crippen molar-refractivity contribution in [2.45, 2.75) is 26.4 Å². The molecule has 0 bridgehead atoms. The van der Waals surface area contributed by atoms with Crippen LogP contribution in [0.4, 0.5) is 4.39 Å². The van der Waals surface area contributed by atoms with Crippen LogP contribution in [-0.4, -0.2) is 23.4 Å². The summed E-state index contributed by atoms with van der Waals surface area (Å²) in [5.74, 6) is -0.0940. The largest absolute Gasteiger partial charge is 0.494 e. The van der Waals surface area contributed by atoms with Gasteiger partial charge in [-0.2, -0.15) is 5.10 Å². The van der Waals surface area contributed by atoms with E-state index in [0.717, 1.165) is 24.3 Å². The second-order valence-electron chi connectivity index (χ2n) is 4.46. The van der Waals surface area contributed by atoms with Crippen LogP contribution >= 0.6 is 0 Å². The third-order valence-electron chi connectivity index (χ3n) is 3.26. The Balaban J connectivity index is 2.43. The molecule has 0 aliphatic rings. The summed E-state index contributed by atoms with van der Waals surface area (Å²) < 4.78 is 20.5. The minimum Gasteiger partial charge on any atom is -0.494 e. The summed E-state index contributed by atoms with van der Waals surface area (Å²) in [5.41, 5.74) is 2.02. The van der Waals surface area contributed by atoms with Crippen molar-refractivity contribution in [3.63, 3.8) is 0 Å². The van der Waals surface area contributed by atoms with Crippen molar-refractivity contribution in [1.29, 1.82) is 0 Å². The summed E-state index contributed by atoms with van der Waals surface area (Å²) in [6.45, 7) is 5.69. The normalized spacial score (nSPS) is 12.4. The van der Waals surface area contributed by atoms with Crippen LogP contribution in [0.2, 0.25) is 0 Å². The van der Waals surface area contributed by atoms with Crippen molar-refractivity contribution in [2.75, 3.05) is 13.7 Å². The van der Waals surface area contributed by atoms with Crippen molar-refractivity contribution in [2.24, 2.45) is 0 Å². The van der Waals surface area contributed by atoms with Gasteiger partial charge in [0.25, 0.3) is 0 Å². The van der Waals surface area contributed by atoms with Crippen LogP contribution in [0.15, 0.2) is 30.5 Å². The predicted octanol–water partition coefficient (Wildman–Crippen LogP) is 2.75. The molecule has 1 heterocycles. The van der Waals surface area contributed by atoms with Gasteiger partial charge in [0.2, 0.25) is 0 Å². The van der Waals surface area contributed by atoms with E-state index in [1.165, 1.54) is 13.2 Å². The zero-order valence-corrected chi connectivity index (χ0v) is 12.1. The van der Waals surface area contributed by atoms with Gasteiger partial charge in [0.15, 0.2) is 11.6 Å². The van der Waals surface area contributed by atoms with Crippen LogP contribution in [0.25, 0.3) is 0 Å². The Bertz CT molecular complexity index is 568. The number of hydrogen-bond donors (Lipinski definition) is 1. The van der Waals surface area contributed by atoms with Crippen LogP contribution in [0.3, 0.4) is 0 Å². The molecular weight excluding hydrogens is 257 g/mol. The highest BCUT2D eigenvalue weighted by Gasteiger charge is 2.18. The zero-order valence-electron chi connectivity index (χ0n) is 12.1. The maximum absolute atomic E-state index is 13.5. The van der Waals surface area contributed by atoms with Gasteiger partial charge < -0.3 is 10.1 Å². The number of hydrogen-bond acceptors (Lipinski definition) is 3. The Kier molecular flexibility index (Phi) is 4.74. The van der Waals surface area contributed by atoms with Gasteiger partial charge in [-0.3, -0.25) is 4.68 Å². The Morgan fingerprint density at radius 3 is 2.80 bits per heavy atom. The molecule has 4 nitrogen and oxygen atoms in total. The highest BCUT2D eigenvalue weighted by atomic mass is 19.1. The lowest BCUT2D eigenvalue weighted by atomic mass is 10.0. The van der Waals surface area contributed by atoms with Crippen LogP contribution in [0, 0.1) is 5.82 Å². The molecule has 1 unspecified atom stereocenters. The molecule has 0 saturated heterocycles. The average molecular weight is 277 g/mol. The number of methoxy groups -OCH3 is 1. The number of aryl methyl sites for hydroxylation is 1. The lowest BCUT2D eigenvalue weighted by Gasteiger charge is -2.20. The summed E-state index contributed by atoms with van der Waals surface area (Å²) in [6.07, 6.45) is 1.78. The molecule has 1 N–H and O–H groups in total. The standard InChI is InChI=1S/C15H20FN3O/c1-4-17-15(13-8-9-18-19(13)5-2)11-6-7-12(16)14(10-11)20-3/h6-10,15,17H,4-5H2,1-3H3. The number of halogens is 1. The minimum atomic E-state index is -0.351. The van der Waals surface area contributed by atoms with Gasteiger partial charge in [-0.1, -0.05) is 13.0 Å². The third kappa shape index (κ3) is 2.82. The first-order valence-corrected chi connectivity index (χ1v) is 6.79. The first-order chi connectivity index (χ1) is 9.71. The minimum absolute atomic E-state index is 0.0306. The first-order valence-electron chi connectivity index (χ1n) is 6.79. The van der Waals surface area contributed by atoms with Crippen LogP contribution in [0.1, 0.15) is 31.1 Å². The molecular formula is C15H20FN3O. The number of nitrogens with one attached hydrogen (secondary N) is 1. The van der Waals surface area contributed by atoms with Crippen LogP contribution in [-0.2, 0) is 6.54 Å². The fourth-order valence-corrected chi connectivity index (χ4v) is 2.31. The van der Waals surface area contributed by atoms with E-state index in [0.29, 0.717) is 0 Å². The monoisotopic (exact) mass is 277 g/mol. The quantitative estimate of drug-likeness (QED) is 0.882. The van der Waals surface area contributed by atoms with Crippen LogP contribution < -0.4 is 10.1 Å². The molecule has 20 heavy (non-hydrogen) atoms. The van der Waals surface area contributed by atoms with Gasteiger partial charge in [0.05, 0.1) is 18.8 Å². The van der Waals surface area contributed by atoms with E-state index in [4.69, 9.17) is 4.74 Å².